The molecular formula is C25H37N3O2. The smallest absolute Gasteiger partial charge is 0.220 e. The van der Waals surface area contributed by atoms with Crippen molar-refractivity contribution < 1.29 is 9.90 Å². The number of carbonyl (C=O) groups is 1. The number of nitrogens with two attached hydrogens (primary N) is 1. The Morgan fingerprint density at radius 2 is 2.00 bits per heavy atom. The molecule has 164 valence electrons. The van der Waals surface area contributed by atoms with Gasteiger partial charge in [0.1, 0.15) is 0 Å². The highest BCUT2D eigenvalue weighted by atomic mass is 16.3. The van der Waals surface area contributed by atoms with Crippen LogP contribution >= 0.6 is 0 Å². The fourth-order valence-electron chi connectivity index (χ4n) is 6.43. The summed E-state index contributed by atoms with van der Waals surface area (Å²) in [5, 5.41) is 15.0. The van der Waals surface area contributed by atoms with Crippen LogP contribution in [0.15, 0.2) is 30.5 Å². The first kappa shape index (κ1) is 21.4. The predicted octanol–water partition coefficient (Wildman–Crippen LogP) is 3.90. The van der Waals surface area contributed by atoms with Crippen LogP contribution in [0.1, 0.15) is 64.9 Å². The van der Waals surface area contributed by atoms with Crippen molar-refractivity contribution in [2.45, 2.75) is 77.4 Å². The number of hydrogen-bond acceptors (Lipinski definition) is 3. The van der Waals surface area contributed by atoms with Gasteiger partial charge in [0.25, 0.3) is 0 Å². The van der Waals surface area contributed by atoms with E-state index in [-0.39, 0.29) is 22.8 Å². The minimum atomic E-state index is -0.614. The summed E-state index contributed by atoms with van der Waals surface area (Å²) < 4.78 is 0. The standard InChI is InChI=1S/C25H37N3O2/c1-23(2)15-21(26)25(12-11-24(3,30)14-20(23)25)10-8-22(29)27-13-9-17-16-28-19-7-5-4-6-18(17)19/h4-7,16,20-21,28,30H,8-15,26H2,1-3H3,(H,27,29)/t20-,21-,24-,25-/m0/s1. The Bertz CT molecular complexity index is 916. The number of nitrogens with one attached hydrogen (secondary N) is 2. The summed E-state index contributed by atoms with van der Waals surface area (Å²) in [6, 6.07) is 8.36. The average Bonchev–Trinajstić information content (AvgIpc) is 3.17. The highest BCUT2D eigenvalue weighted by Crippen LogP contribution is 2.63. The van der Waals surface area contributed by atoms with Gasteiger partial charge >= 0.3 is 0 Å². The Hall–Kier alpha value is -1.85. The molecular weight excluding hydrogens is 374 g/mol. The Labute approximate surface area is 179 Å². The number of para-hydroxylation sites is 1. The van der Waals surface area contributed by atoms with E-state index in [2.05, 4.69) is 36.3 Å². The number of carbonyl (C=O) groups excluding carboxylic acids is 1. The number of aromatic amines is 1. The van der Waals surface area contributed by atoms with Crippen molar-refractivity contribution in [1.29, 1.82) is 0 Å². The zero-order valence-electron chi connectivity index (χ0n) is 18.6. The first-order valence-corrected chi connectivity index (χ1v) is 11.4. The van der Waals surface area contributed by atoms with Gasteiger partial charge < -0.3 is 21.1 Å². The summed E-state index contributed by atoms with van der Waals surface area (Å²) >= 11 is 0. The van der Waals surface area contributed by atoms with Crippen molar-refractivity contribution in [3.05, 3.63) is 36.0 Å². The second kappa shape index (κ2) is 7.69. The predicted molar refractivity (Wildman–Crippen MR) is 121 cm³/mol. The molecule has 1 aromatic carbocycles. The number of hydrogen-bond donors (Lipinski definition) is 4. The Morgan fingerprint density at radius 1 is 1.23 bits per heavy atom. The summed E-state index contributed by atoms with van der Waals surface area (Å²) in [6.45, 7) is 7.15. The highest BCUT2D eigenvalue weighted by molar-refractivity contribution is 5.83. The molecule has 2 aliphatic rings. The van der Waals surface area contributed by atoms with Crippen LogP contribution in [-0.4, -0.2) is 34.2 Å². The summed E-state index contributed by atoms with van der Waals surface area (Å²) in [5.41, 5.74) is 8.51. The molecule has 4 atom stereocenters. The van der Waals surface area contributed by atoms with Crippen LogP contribution in [0.25, 0.3) is 10.9 Å². The first-order chi connectivity index (χ1) is 14.1. The van der Waals surface area contributed by atoms with Crippen LogP contribution in [0.5, 0.6) is 0 Å². The Kier molecular flexibility index (Phi) is 5.48. The van der Waals surface area contributed by atoms with E-state index in [1.165, 1.54) is 10.9 Å². The van der Waals surface area contributed by atoms with Crippen molar-refractivity contribution in [1.82, 2.24) is 10.3 Å². The summed E-state index contributed by atoms with van der Waals surface area (Å²) in [7, 11) is 0. The minimum absolute atomic E-state index is 0.0279. The molecule has 0 unspecified atom stereocenters. The van der Waals surface area contributed by atoms with Crippen molar-refractivity contribution >= 4 is 16.8 Å². The van der Waals surface area contributed by atoms with Gasteiger partial charge in [-0.2, -0.15) is 0 Å². The van der Waals surface area contributed by atoms with E-state index < -0.39 is 5.60 Å². The molecule has 2 saturated carbocycles. The minimum Gasteiger partial charge on any atom is -0.390 e. The molecule has 0 aliphatic heterocycles. The molecule has 5 N–H and O–H groups in total. The van der Waals surface area contributed by atoms with Gasteiger partial charge in [-0.15, -0.1) is 0 Å². The van der Waals surface area contributed by atoms with E-state index in [9.17, 15) is 9.90 Å². The number of rotatable bonds is 6. The highest BCUT2D eigenvalue weighted by Gasteiger charge is 2.60. The number of aliphatic hydroxyl groups is 1. The first-order valence-electron chi connectivity index (χ1n) is 11.4. The topological polar surface area (TPSA) is 91.1 Å². The largest absolute Gasteiger partial charge is 0.390 e. The van der Waals surface area contributed by atoms with Gasteiger partial charge in [-0.25, -0.2) is 0 Å². The van der Waals surface area contributed by atoms with Gasteiger partial charge in [0, 0.05) is 36.1 Å². The van der Waals surface area contributed by atoms with Gasteiger partial charge in [-0.05, 0) is 73.8 Å². The lowest BCUT2D eigenvalue weighted by Crippen LogP contribution is -2.50. The summed E-state index contributed by atoms with van der Waals surface area (Å²) in [6.07, 6.45) is 7.62. The van der Waals surface area contributed by atoms with Crippen LogP contribution in [0.3, 0.4) is 0 Å². The summed E-state index contributed by atoms with van der Waals surface area (Å²) in [4.78, 5) is 15.9. The van der Waals surface area contributed by atoms with Gasteiger partial charge in [-0.3, -0.25) is 4.79 Å². The Morgan fingerprint density at radius 3 is 2.80 bits per heavy atom. The number of amides is 1. The maximum atomic E-state index is 12.6. The fraction of sp³-hybridized carbons (Fsp3) is 0.640. The van der Waals surface area contributed by atoms with Crippen molar-refractivity contribution in [2.75, 3.05) is 6.54 Å². The van der Waals surface area contributed by atoms with Gasteiger partial charge in [0.15, 0.2) is 0 Å². The molecule has 2 fully saturated rings. The maximum Gasteiger partial charge on any atom is 0.220 e. The Balaban J connectivity index is 1.34. The second-order valence-corrected chi connectivity index (χ2v) is 10.7. The molecule has 1 amide bonds. The number of aromatic nitrogens is 1. The molecule has 1 heterocycles. The monoisotopic (exact) mass is 411 g/mol. The van der Waals surface area contributed by atoms with Crippen molar-refractivity contribution in [3.8, 4) is 0 Å². The fourth-order valence-corrected chi connectivity index (χ4v) is 6.43. The van der Waals surface area contributed by atoms with E-state index in [4.69, 9.17) is 5.73 Å². The molecule has 5 nitrogen and oxygen atoms in total. The molecule has 2 aromatic rings. The van der Waals surface area contributed by atoms with Gasteiger partial charge in [0.2, 0.25) is 5.91 Å². The van der Waals surface area contributed by atoms with Crippen LogP contribution < -0.4 is 11.1 Å². The normalized spacial score (nSPS) is 32.8. The zero-order chi connectivity index (χ0) is 21.6. The molecule has 30 heavy (non-hydrogen) atoms. The van der Waals surface area contributed by atoms with Gasteiger partial charge in [-0.1, -0.05) is 32.0 Å². The lowest BCUT2D eigenvalue weighted by Gasteiger charge is -2.50. The number of benzene rings is 1. The van der Waals surface area contributed by atoms with Crippen molar-refractivity contribution in [2.24, 2.45) is 22.5 Å². The summed E-state index contributed by atoms with van der Waals surface area (Å²) in [5.74, 6) is 0.472. The molecule has 0 radical (unpaired) electrons. The quantitative estimate of drug-likeness (QED) is 0.581. The molecule has 0 saturated heterocycles. The zero-order valence-corrected chi connectivity index (χ0v) is 18.6. The van der Waals surface area contributed by atoms with E-state index in [1.54, 1.807) is 0 Å². The average molecular weight is 412 g/mol. The molecule has 4 rings (SSSR count). The molecule has 5 heteroatoms. The number of fused-ring (bicyclic) bond motifs is 2. The van der Waals surface area contributed by atoms with Crippen molar-refractivity contribution in [3.63, 3.8) is 0 Å². The lowest BCUT2D eigenvalue weighted by atomic mass is 9.57. The lowest BCUT2D eigenvalue weighted by molar-refractivity contribution is -0.123. The molecule has 2 aliphatic carbocycles. The van der Waals surface area contributed by atoms with Crippen LogP contribution in [0.2, 0.25) is 0 Å². The van der Waals surface area contributed by atoms with Crippen LogP contribution in [0, 0.1) is 16.7 Å². The second-order valence-electron chi connectivity index (χ2n) is 10.7. The van der Waals surface area contributed by atoms with E-state index >= 15 is 0 Å². The molecule has 0 spiro atoms. The van der Waals surface area contributed by atoms with Crippen LogP contribution in [-0.2, 0) is 11.2 Å². The third-order valence-electron chi connectivity index (χ3n) is 8.10. The SMILES string of the molecule is CC1(C)C[C@H](N)[C@@]2(CCC(=O)NCCc3c[nH]c4ccccc34)CC[C@](C)(O)C[C@@H]12. The van der Waals surface area contributed by atoms with Crippen LogP contribution in [0.4, 0.5) is 0 Å². The third-order valence-corrected chi connectivity index (χ3v) is 8.10. The number of H-pyrrole nitrogens is 1. The molecule has 0 bridgehead atoms. The van der Waals surface area contributed by atoms with E-state index in [1.807, 2.05) is 25.3 Å². The third kappa shape index (κ3) is 3.90. The molecule has 1 aromatic heterocycles. The maximum absolute atomic E-state index is 12.6. The van der Waals surface area contributed by atoms with Gasteiger partial charge in [0.05, 0.1) is 5.60 Å². The van der Waals surface area contributed by atoms with E-state index in [0.29, 0.717) is 18.9 Å². The van der Waals surface area contributed by atoms with E-state index in [0.717, 1.165) is 44.0 Å².